The first kappa shape index (κ1) is 16.5. The van der Waals surface area contributed by atoms with E-state index < -0.39 is 24.5 Å². The molecule has 0 saturated carbocycles. The molecule has 0 radical (unpaired) electrons. The lowest BCUT2D eigenvalue weighted by Crippen LogP contribution is -2.44. The lowest BCUT2D eigenvalue weighted by atomic mass is 10.3. The zero-order valence-electron chi connectivity index (χ0n) is 12.2. The zero-order valence-corrected chi connectivity index (χ0v) is 12.2. The second-order valence-electron chi connectivity index (χ2n) is 4.45. The van der Waals surface area contributed by atoms with Crippen LogP contribution in [0.4, 0.5) is 4.79 Å². The van der Waals surface area contributed by atoms with Crippen LogP contribution < -0.4 is 10.6 Å². The number of aryl methyl sites for hydroxylation is 1. The largest absolute Gasteiger partial charge is 0.451 e. The van der Waals surface area contributed by atoms with Gasteiger partial charge >= 0.3 is 12.0 Å². The predicted molar refractivity (Wildman–Crippen MR) is 73.5 cm³/mol. The van der Waals surface area contributed by atoms with Crippen LogP contribution in [0.5, 0.6) is 0 Å². The third-order valence-corrected chi connectivity index (χ3v) is 2.57. The molecule has 3 amide bonds. The predicted octanol–water partition coefficient (Wildman–Crippen LogP) is 0.566. The molecule has 114 valence electrons. The van der Waals surface area contributed by atoms with Crippen molar-refractivity contribution in [3.8, 4) is 0 Å². The zero-order chi connectivity index (χ0) is 15.8. The lowest BCUT2D eigenvalue weighted by Gasteiger charge is -2.11. The van der Waals surface area contributed by atoms with E-state index in [0.29, 0.717) is 5.69 Å². The first-order chi connectivity index (χ1) is 9.92. The van der Waals surface area contributed by atoms with Crippen molar-refractivity contribution in [1.29, 1.82) is 0 Å². The van der Waals surface area contributed by atoms with Crippen molar-refractivity contribution in [2.45, 2.75) is 33.2 Å². The molecule has 1 heterocycles. The molecule has 0 spiro atoms. The number of nitrogens with zero attached hydrogens (tertiary/aromatic N) is 2. The molecule has 0 aliphatic rings. The van der Waals surface area contributed by atoms with Gasteiger partial charge in [0.2, 0.25) is 0 Å². The standard InChI is InChI=1S/C13H18N4O4/c1-4-8(2)16-13(20)17-11(18)7-21-12(19)10-6-14-9(3)5-15-10/h5-6,8H,4,7H2,1-3H3,(H2,16,17,18,20)/t8-/m1/s1. The molecule has 2 N–H and O–H groups in total. The molecule has 0 unspecified atom stereocenters. The summed E-state index contributed by atoms with van der Waals surface area (Å²) in [7, 11) is 0. The summed E-state index contributed by atoms with van der Waals surface area (Å²) >= 11 is 0. The van der Waals surface area contributed by atoms with Gasteiger partial charge in [0.15, 0.2) is 12.3 Å². The van der Waals surface area contributed by atoms with Crippen LogP contribution >= 0.6 is 0 Å². The van der Waals surface area contributed by atoms with Gasteiger partial charge in [-0.2, -0.15) is 0 Å². The van der Waals surface area contributed by atoms with Crippen molar-refractivity contribution in [2.75, 3.05) is 6.61 Å². The molecule has 8 nitrogen and oxygen atoms in total. The molecular weight excluding hydrogens is 276 g/mol. The van der Waals surface area contributed by atoms with Crippen LogP contribution in [0.15, 0.2) is 12.4 Å². The maximum atomic E-state index is 11.6. The number of urea groups is 1. The Balaban J connectivity index is 2.37. The molecule has 21 heavy (non-hydrogen) atoms. The number of aromatic nitrogens is 2. The maximum absolute atomic E-state index is 11.6. The fourth-order valence-corrected chi connectivity index (χ4v) is 1.23. The van der Waals surface area contributed by atoms with Gasteiger partial charge in [0.25, 0.3) is 5.91 Å². The van der Waals surface area contributed by atoms with E-state index >= 15 is 0 Å². The van der Waals surface area contributed by atoms with Crippen molar-refractivity contribution in [2.24, 2.45) is 0 Å². The summed E-state index contributed by atoms with van der Waals surface area (Å²) in [5.41, 5.74) is 0.656. The molecule has 1 atom stereocenters. The Labute approximate surface area is 122 Å². The van der Waals surface area contributed by atoms with E-state index in [0.717, 1.165) is 6.42 Å². The van der Waals surface area contributed by atoms with E-state index in [1.807, 2.05) is 6.92 Å². The van der Waals surface area contributed by atoms with E-state index in [1.54, 1.807) is 13.8 Å². The molecule has 0 saturated heterocycles. The second-order valence-corrected chi connectivity index (χ2v) is 4.45. The molecule has 0 bridgehead atoms. The van der Waals surface area contributed by atoms with E-state index in [9.17, 15) is 14.4 Å². The van der Waals surface area contributed by atoms with Gasteiger partial charge in [-0.05, 0) is 20.3 Å². The number of carbonyl (C=O) groups is 3. The van der Waals surface area contributed by atoms with Gasteiger partial charge < -0.3 is 10.1 Å². The Morgan fingerprint density at radius 1 is 1.29 bits per heavy atom. The number of carbonyl (C=O) groups excluding carboxylic acids is 3. The van der Waals surface area contributed by atoms with Crippen LogP contribution in [0.25, 0.3) is 0 Å². The average Bonchev–Trinajstić information content (AvgIpc) is 2.45. The topological polar surface area (TPSA) is 110 Å². The summed E-state index contributed by atoms with van der Waals surface area (Å²) in [4.78, 5) is 42.1. The van der Waals surface area contributed by atoms with Crippen molar-refractivity contribution in [3.63, 3.8) is 0 Å². The monoisotopic (exact) mass is 294 g/mol. The molecule has 0 aliphatic carbocycles. The smallest absolute Gasteiger partial charge is 0.359 e. The Hall–Kier alpha value is -2.51. The number of esters is 1. The number of ether oxygens (including phenoxy) is 1. The Morgan fingerprint density at radius 3 is 2.57 bits per heavy atom. The lowest BCUT2D eigenvalue weighted by molar-refractivity contribution is -0.123. The molecule has 8 heteroatoms. The summed E-state index contributed by atoms with van der Waals surface area (Å²) in [5.74, 6) is -1.50. The van der Waals surface area contributed by atoms with Crippen molar-refractivity contribution < 1.29 is 19.1 Å². The summed E-state index contributed by atoms with van der Waals surface area (Å²) < 4.78 is 4.73. The van der Waals surface area contributed by atoms with Crippen LogP contribution in [-0.4, -0.2) is 40.5 Å². The van der Waals surface area contributed by atoms with Crippen LogP contribution in [0, 0.1) is 6.92 Å². The minimum Gasteiger partial charge on any atom is -0.451 e. The minimum absolute atomic E-state index is 0.00235. The van der Waals surface area contributed by atoms with Gasteiger partial charge in [-0.3, -0.25) is 15.1 Å². The molecule has 1 aromatic heterocycles. The van der Waals surface area contributed by atoms with E-state index in [2.05, 4.69) is 20.6 Å². The van der Waals surface area contributed by atoms with Gasteiger partial charge in [-0.15, -0.1) is 0 Å². The van der Waals surface area contributed by atoms with Crippen LogP contribution in [0.1, 0.15) is 36.5 Å². The first-order valence-electron chi connectivity index (χ1n) is 6.48. The van der Waals surface area contributed by atoms with E-state index in [-0.39, 0.29) is 11.7 Å². The molecular formula is C13H18N4O4. The molecule has 1 rings (SSSR count). The van der Waals surface area contributed by atoms with Gasteiger partial charge in [0.05, 0.1) is 11.9 Å². The van der Waals surface area contributed by atoms with Crippen LogP contribution in [0.2, 0.25) is 0 Å². The summed E-state index contributed by atoms with van der Waals surface area (Å²) in [5, 5.41) is 4.61. The Bertz CT molecular complexity index is 515. The minimum atomic E-state index is -0.778. The highest BCUT2D eigenvalue weighted by atomic mass is 16.5. The van der Waals surface area contributed by atoms with E-state index in [4.69, 9.17) is 4.74 Å². The van der Waals surface area contributed by atoms with Crippen LogP contribution in [0.3, 0.4) is 0 Å². The SMILES string of the molecule is CC[C@@H](C)NC(=O)NC(=O)COC(=O)c1cnc(C)cn1. The number of rotatable bonds is 5. The fourth-order valence-electron chi connectivity index (χ4n) is 1.23. The van der Waals surface area contributed by atoms with Gasteiger partial charge in [0, 0.05) is 12.2 Å². The molecule has 0 aromatic carbocycles. The number of nitrogens with one attached hydrogen (secondary N) is 2. The highest BCUT2D eigenvalue weighted by Gasteiger charge is 2.14. The number of hydrogen-bond donors (Lipinski definition) is 2. The number of amides is 3. The summed E-state index contributed by atoms with van der Waals surface area (Å²) in [6, 6.07) is -0.677. The quantitative estimate of drug-likeness (QED) is 0.768. The Morgan fingerprint density at radius 2 is 2.00 bits per heavy atom. The fraction of sp³-hybridized carbons (Fsp3) is 0.462. The normalized spacial score (nSPS) is 11.4. The van der Waals surface area contributed by atoms with E-state index in [1.165, 1.54) is 12.4 Å². The third-order valence-electron chi connectivity index (χ3n) is 2.57. The molecule has 0 fully saturated rings. The van der Waals surface area contributed by atoms with Crippen molar-refractivity contribution in [1.82, 2.24) is 20.6 Å². The van der Waals surface area contributed by atoms with Gasteiger partial charge in [0.1, 0.15) is 0 Å². The first-order valence-corrected chi connectivity index (χ1v) is 6.48. The number of imide groups is 1. The third kappa shape index (κ3) is 5.98. The number of hydrogen-bond acceptors (Lipinski definition) is 6. The molecule has 1 aromatic rings. The van der Waals surface area contributed by atoms with Crippen molar-refractivity contribution in [3.05, 3.63) is 23.8 Å². The summed E-state index contributed by atoms with van der Waals surface area (Å²) in [6.45, 7) is 4.87. The second kappa shape index (κ2) is 7.93. The Kier molecular flexibility index (Phi) is 6.25. The van der Waals surface area contributed by atoms with Crippen LogP contribution in [-0.2, 0) is 9.53 Å². The molecule has 0 aliphatic heterocycles. The highest BCUT2D eigenvalue weighted by Crippen LogP contribution is 1.97. The van der Waals surface area contributed by atoms with Gasteiger partial charge in [-0.25, -0.2) is 14.6 Å². The maximum Gasteiger partial charge on any atom is 0.359 e. The summed E-state index contributed by atoms with van der Waals surface area (Å²) in [6.07, 6.45) is 3.41. The highest BCUT2D eigenvalue weighted by molar-refractivity contribution is 5.96. The van der Waals surface area contributed by atoms with Crippen molar-refractivity contribution >= 4 is 17.9 Å². The average molecular weight is 294 g/mol. The van der Waals surface area contributed by atoms with Gasteiger partial charge in [-0.1, -0.05) is 6.92 Å².